The van der Waals surface area contributed by atoms with Crippen LogP contribution in [0.5, 0.6) is 11.5 Å². The Hall–Kier alpha value is -1.69. The summed E-state index contributed by atoms with van der Waals surface area (Å²) in [6.07, 6.45) is -2.60. The van der Waals surface area contributed by atoms with Crippen LogP contribution in [0.1, 0.15) is 18.0 Å². The van der Waals surface area contributed by atoms with E-state index in [9.17, 15) is 13.2 Å². The molecule has 0 saturated carbocycles. The average molecular weight is 261 g/mol. The highest BCUT2D eigenvalue weighted by atomic mass is 19.4. The molecule has 1 aromatic rings. The molecule has 0 unspecified atom stereocenters. The van der Waals surface area contributed by atoms with Crippen molar-refractivity contribution >= 4 is 0 Å². The number of benzene rings is 1. The minimum atomic E-state index is -4.73. The van der Waals surface area contributed by atoms with E-state index < -0.39 is 6.36 Å². The molecule has 0 bridgehead atoms. The number of nitrogens with two attached hydrogens (primary N) is 1. The number of rotatable bonds is 5. The van der Waals surface area contributed by atoms with Crippen molar-refractivity contribution in [2.24, 2.45) is 5.73 Å². The van der Waals surface area contributed by atoms with Crippen LogP contribution in [0.3, 0.4) is 0 Å². The third-order valence-corrected chi connectivity index (χ3v) is 2.26. The Morgan fingerprint density at radius 2 is 2.11 bits per heavy atom. The summed E-state index contributed by atoms with van der Waals surface area (Å²) in [5.41, 5.74) is 6.45. The molecule has 18 heavy (non-hydrogen) atoms. The summed E-state index contributed by atoms with van der Waals surface area (Å²) in [5, 5.41) is 0. The van der Waals surface area contributed by atoms with Gasteiger partial charge in [-0.15, -0.1) is 19.8 Å². The summed E-state index contributed by atoms with van der Waals surface area (Å²) in [6, 6.07) is 3.44. The minimum absolute atomic E-state index is 0.256. The Morgan fingerprint density at radius 1 is 1.44 bits per heavy atom. The van der Waals surface area contributed by atoms with Crippen molar-refractivity contribution in [3.05, 3.63) is 36.4 Å². The first-order chi connectivity index (χ1) is 8.37. The fourth-order valence-electron chi connectivity index (χ4n) is 1.50. The molecule has 2 N–H and O–H groups in total. The number of methoxy groups -OCH3 is 1. The second-order valence-corrected chi connectivity index (χ2v) is 3.58. The van der Waals surface area contributed by atoms with Crippen LogP contribution in [-0.2, 0) is 0 Å². The van der Waals surface area contributed by atoms with Crippen molar-refractivity contribution in [2.45, 2.75) is 18.8 Å². The van der Waals surface area contributed by atoms with Gasteiger partial charge in [0.05, 0.1) is 7.11 Å². The van der Waals surface area contributed by atoms with Crippen LogP contribution in [0, 0.1) is 0 Å². The normalized spacial score (nSPS) is 12.9. The zero-order valence-corrected chi connectivity index (χ0v) is 9.83. The topological polar surface area (TPSA) is 44.5 Å². The van der Waals surface area contributed by atoms with Crippen LogP contribution in [0.25, 0.3) is 0 Å². The number of hydrogen-bond donors (Lipinski definition) is 1. The summed E-state index contributed by atoms with van der Waals surface area (Å²) in [6.45, 7) is 3.55. The lowest BCUT2D eigenvalue weighted by Crippen LogP contribution is -2.17. The minimum Gasteiger partial charge on any atom is -0.496 e. The maximum absolute atomic E-state index is 12.1. The maximum Gasteiger partial charge on any atom is 0.573 e. The standard InChI is InChI=1S/C12H14F3NO2/c1-3-4-10(16)9-6-5-8(7-11(9)17-2)18-12(13,14)15/h3,5-7,10H,1,4,16H2,2H3/t10-/m1/s1. The average Bonchev–Trinajstić information content (AvgIpc) is 2.27. The molecule has 0 spiro atoms. The molecule has 0 aliphatic rings. The molecule has 0 radical (unpaired) electrons. The highest BCUT2D eigenvalue weighted by Crippen LogP contribution is 2.32. The zero-order valence-electron chi connectivity index (χ0n) is 9.83. The van der Waals surface area contributed by atoms with Gasteiger partial charge in [0, 0.05) is 17.7 Å². The van der Waals surface area contributed by atoms with Gasteiger partial charge in [0.2, 0.25) is 0 Å². The van der Waals surface area contributed by atoms with E-state index >= 15 is 0 Å². The van der Waals surface area contributed by atoms with E-state index in [1.54, 1.807) is 6.08 Å². The van der Waals surface area contributed by atoms with Gasteiger partial charge in [-0.2, -0.15) is 0 Å². The van der Waals surface area contributed by atoms with Gasteiger partial charge >= 0.3 is 6.36 Å². The van der Waals surface area contributed by atoms with E-state index in [1.165, 1.54) is 19.2 Å². The van der Waals surface area contributed by atoms with Gasteiger partial charge in [0.1, 0.15) is 11.5 Å². The van der Waals surface area contributed by atoms with Crippen LogP contribution < -0.4 is 15.2 Å². The fraction of sp³-hybridized carbons (Fsp3) is 0.333. The Bertz CT molecular complexity index is 418. The summed E-state index contributed by atoms with van der Waals surface area (Å²) in [5.74, 6) is -0.0833. The Kier molecular flexibility index (Phi) is 4.61. The monoisotopic (exact) mass is 261 g/mol. The highest BCUT2D eigenvalue weighted by molar-refractivity contribution is 5.42. The van der Waals surface area contributed by atoms with Crippen molar-refractivity contribution in [1.82, 2.24) is 0 Å². The number of ether oxygens (including phenoxy) is 2. The molecule has 0 heterocycles. The van der Waals surface area contributed by atoms with Crippen molar-refractivity contribution < 1.29 is 22.6 Å². The first kappa shape index (κ1) is 14.4. The van der Waals surface area contributed by atoms with Crippen LogP contribution in [0.2, 0.25) is 0 Å². The van der Waals surface area contributed by atoms with Crippen LogP contribution in [0.4, 0.5) is 13.2 Å². The van der Waals surface area contributed by atoms with Crippen LogP contribution in [-0.4, -0.2) is 13.5 Å². The molecular formula is C12H14F3NO2. The Morgan fingerprint density at radius 3 is 2.61 bits per heavy atom. The second-order valence-electron chi connectivity index (χ2n) is 3.58. The van der Waals surface area contributed by atoms with Gasteiger partial charge in [-0.05, 0) is 12.5 Å². The third kappa shape index (κ3) is 3.96. The molecule has 0 saturated heterocycles. The van der Waals surface area contributed by atoms with Gasteiger partial charge in [-0.1, -0.05) is 12.1 Å². The zero-order chi connectivity index (χ0) is 13.8. The first-order valence-electron chi connectivity index (χ1n) is 5.17. The molecule has 3 nitrogen and oxygen atoms in total. The summed E-state index contributed by atoms with van der Waals surface area (Å²) in [7, 11) is 1.36. The Labute approximate surface area is 103 Å². The van der Waals surface area contributed by atoms with Crippen molar-refractivity contribution in [3.8, 4) is 11.5 Å². The lowest BCUT2D eigenvalue weighted by Gasteiger charge is -2.16. The van der Waals surface area contributed by atoms with E-state index in [0.717, 1.165) is 6.07 Å². The highest BCUT2D eigenvalue weighted by Gasteiger charge is 2.31. The number of halogens is 3. The molecule has 0 aromatic heterocycles. The van der Waals surface area contributed by atoms with Crippen molar-refractivity contribution in [3.63, 3.8) is 0 Å². The smallest absolute Gasteiger partial charge is 0.496 e. The number of hydrogen-bond acceptors (Lipinski definition) is 3. The quantitative estimate of drug-likeness (QED) is 0.828. The summed E-state index contributed by atoms with van der Waals surface area (Å²) in [4.78, 5) is 0. The SMILES string of the molecule is C=CC[C@@H](N)c1ccc(OC(F)(F)F)cc1OC. The third-order valence-electron chi connectivity index (χ3n) is 2.26. The van der Waals surface area contributed by atoms with Gasteiger partial charge in [0.15, 0.2) is 0 Å². The lowest BCUT2D eigenvalue weighted by molar-refractivity contribution is -0.274. The van der Waals surface area contributed by atoms with Gasteiger partial charge in [0.25, 0.3) is 0 Å². The fourth-order valence-corrected chi connectivity index (χ4v) is 1.50. The van der Waals surface area contributed by atoms with Crippen molar-refractivity contribution in [2.75, 3.05) is 7.11 Å². The summed E-state index contributed by atoms with van der Waals surface area (Å²) >= 11 is 0. The molecular weight excluding hydrogens is 247 g/mol. The molecule has 6 heteroatoms. The maximum atomic E-state index is 12.1. The first-order valence-corrected chi connectivity index (χ1v) is 5.17. The molecule has 0 aliphatic carbocycles. The van der Waals surface area contributed by atoms with Crippen LogP contribution in [0.15, 0.2) is 30.9 Å². The largest absolute Gasteiger partial charge is 0.573 e. The summed E-state index contributed by atoms with van der Waals surface area (Å²) < 4.78 is 45.0. The van der Waals surface area contributed by atoms with E-state index in [0.29, 0.717) is 12.0 Å². The van der Waals surface area contributed by atoms with E-state index in [1.807, 2.05) is 0 Å². The lowest BCUT2D eigenvalue weighted by atomic mass is 10.0. The molecule has 100 valence electrons. The molecule has 0 fully saturated rings. The Balaban J connectivity index is 2.99. The van der Waals surface area contributed by atoms with Crippen molar-refractivity contribution in [1.29, 1.82) is 0 Å². The predicted octanol–water partition coefficient (Wildman–Crippen LogP) is 3.17. The molecule has 1 atom stereocenters. The van der Waals surface area contributed by atoms with Gasteiger partial charge < -0.3 is 15.2 Å². The predicted molar refractivity (Wildman–Crippen MR) is 61.4 cm³/mol. The molecule has 1 rings (SSSR count). The van der Waals surface area contributed by atoms with Crippen LogP contribution >= 0.6 is 0 Å². The molecule has 1 aromatic carbocycles. The van der Waals surface area contributed by atoms with E-state index in [-0.39, 0.29) is 17.5 Å². The van der Waals surface area contributed by atoms with Gasteiger partial charge in [-0.25, -0.2) is 0 Å². The number of alkyl halides is 3. The van der Waals surface area contributed by atoms with E-state index in [2.05, 4.69) is 11.3 Å². The molecule has 0 aliphatic heterocycles. The van der Waals surface area contributed by atoms with Gasteiger partial charge in [-0.3, -0.25) is 0 Å². The van der Waals surface area contributed by atoms with E-state index in [4.69, 9.17) is 10.5 Å². The second kappa shape index (κ2) is 5.77. The molecule has 0 amide bonds.